The van der Waals surface area contributed by atoms with Crippen LogP contribution in [0.2, 0.25) is 0 Å². The van der Waals surface area contributed by atoms with E-state index in [0.717, 1.165) is 0 Å². The summed E-state index contributed by atoms with van der Waals surface area (Å²) in [5, 5.41) is 14.8. The number of aliphatic hydroxyl groups is 1. The smallest absolute Gasteiger partial charge is 0.319 e. The highest BCUT2D eigenvalue weighted by Gasteiger charge is 2.11. The lowest BCUT2D eigenvalue weighted by Crippen LogP contribution is -2.37. The van der Waals surface area contributed by atoms with Crippen LogP contribution in [0.3, 0.4) is 0 Å². The third-order valence-corrected chi connectivity index (χ3v) is 2.95. The average molecular weight is 335 g/mol. The summed E-state index contributed by atoms with van der Waals surface area (Å²) in [6.45, 7) is -0.121. The minimum atomic E-state index is -0.949. The summed E-state index contributed by atoms with van der Waals surface area (Å²) in [6.07, 6.45) is 0.588. The number of aromatic nitrogens is 1. The molecule has 8 heteroatoms. The van der Waals surface area contributed by atoms with Crippen LogP contribution in [0.25, 0.3) is 0 Å². The number of nitrogens with one attached hydrogen (secondary N) is 2. The molecule has 0 saturated heterocycles. The van der Waals surface area contributed by atoms with Gasteiger partial charge >= 0.3 is 6.03 Å². The van der Waals surface area contributed by atoms with E-state index < -0.39 is 18.0 Å². The van der Waals surface area contributed by atoms with E-state index in [9.17, 15) is 14.3 Å². The van der Waals surface area contributed by atoms with Gasteiger partial charge in [-0.25, -0.2) is 14.2 Å². The third kappa shape index (κ3) is 5.40. The summed E-state index contributed by atoms with van der Waals surface area (Å²) in [5.41, 5.74) is 0.406. The molecule has 2 amide bonds. The minimum Gasteiger partial charge on any atom is -0.491 e. The molecule has 0 aliphatic rings. The number of carbonyl (C=O) groups is 1. The third-order valence-electron chi connectivity index (χ3n) is 2.95. The summed E-state index contributed by atoms with van der Waals surface area (Å²) < 4.78 is 23.3. The van der Waals surface area contributed by atoms with Crippen molar-refractivity contribution in [2.24, 2.45) is 0 Å². The first kappa shape index (κ1) is 17.5. The lowest BCUT2D eigenvalue weighted by Gasteiger charge is -2.14. The van der Waals surface area contributed by atoms with Crippen molar-refractivity contribution in [1.82, 2.24) is 10.3 Å². The molecule has 1 atom stereocenters. The van der Waals surface area contributed by atoms with Gasteiger partial charge in [0, 0.05) is 18.8 Å². The summed E-state index contributed by atoms with van der Waals surface area (Å²) in [7, 11) is 1.44. The molecule has 0 aliphatic heterocycles. The van der Waals surface area contributed by atoms with Crippen LogP contribution in [0.4, 0.5) is 14.9 Å². The molecule has 1 heterocycles. The number of benzene rings is 1. The van der Waals surface area contributed by atoms with Crippen LogP contribution < -0.4 is 20.1 Å². The molecule has 1 aromatic carbocycles. The highest BCUT2D eigenvalue weighted by atomic mass is 19.1. The molecule has 0 bridgehead atoms. The van der Waals surface area contributed by atoms with Gasteiger partial charge < -0.3 is 25.2 Å². The Labute approximate surface area is 138 Å². The first-order chi connectivity index (χ1) is 11.6. The van der Waals surface area contributed by atoms with Crippen LogP contribution in [0.15, 0.2) is 42.6 Å². The van der Waals surface area contributed by atoms with Crippen molar-refractivity contribution in [3.05, 3.63) is 48.4 Å². The number of hydrogen-bond donors (Lipinski definition) is 3. The Morgan fingerprint density at radius 2 is 2.21 bits per heavy atom. The van der Waals surface area contributed by atoms with E-state index in [1.54, 1.807) is 18.2 Å². The van der Waals surface area contributed by atoms with Gasteiger partial charge in [-0.1, -0.05) is 6.07 Å². The number of ether oxygens (including phenoxy) is 2. The zero-order chi connectivity index (χ0) is 17.4. The molecule has 2 aromatic rings. The summed E-state index contributed by atoms with van der Waals surface area (Å²) in [4.78, 5) is 15.7. The molecule has 0 spiro atoms. The zero-order valence-electron chi connectivity index (χ0n) is 13.0. The highest BCUT2D eigenvalue weighted by molar-refractivity contribution is 5.90. The summed E-state index contributed by atoms with van der Waals surface area (Å²) in [6, 6.07) is 8.35. The Morgan fingerprint density at radius 3 is 2.96 bits per heavy atom. The Morgan fingerprint density at radius 1 is 1.38 bits per heavy atom. The molecule has 1 aromatic heterocycles. The number of amides is 2. The van der Waals surface area contributed by atoms with Gasteiger partial charge in [-0.15, -0.1) is 0 Å². The average Bonchev–Trinajstić information content (AvgIpc) is 2.58. The quantitative estimate of drug-likeness (QED) is 0.717. The maximum atomic E-state index is 13.0. The van der Waals surface area contributed by atoms with Crippen LogP contribution in [0.5, 0.6) is 11.6 Å². The molecule has 0 fully saturated rings. The fraction of sp³-hybridized carbons (Fsp3) is 0.250. The monoisotopic (exact) mass is 335 g/mol. The fourth-order valence-electron chi connectivity index (χ4n) is 1.83. The van der Waals surface area contributed by atoms with Gasteiger partial charge in [-0.3, -0.25) is 0 Å². The lowest BCUT2D eigenvalue weighted by atomic mass is 10.3. The van der Waals surface area contributed by atoms with E-state index in [2.05, 4.69) is 15.6 Å². The number of halogens is 1. The predicted octanol–water partition coefficient (Wildman–Crippen LogP) is 1.79. The largest absolute Gasteiger partial charge is 0.491 e. The van der Waals surface area contributed by atoms with Crippen molar-refractivity contribution in [2.45, 2.75) is 6.10 Å². The molecule has 24 heavy (non-hydrogen) atoms. The van der Waals surface area contributed by atoms with Crippen molar-refractivity contribution >= 4 is 11.7 Å². The molecule has 0 saturated carbocycles. The van der Waals surface area contributed by atoms with Gasteiger partial charge in [0.05, 0.1) is 7.11 Å². The van der Waals surface area contributed by atoms with Gasteiger partial charge in [-0.2, -0.15) is 0 Å². The predicted molar refractivity (Wildman–Crippen MR) is 85.7 cm³/mol. The highest BCUT2D eigenvalue weighted by Crippen LogP contribution is 2.19. The van der Waals surface area contributed by atoms with Crippen molar-refractivity contribution in [3.8, 4) is 11.6 Å². The van der Waals surface area contributed by atoms with Crippen LogP contribution >= 0.6 is 0 Å². The number of methoxy groups -OCH3 is 1. The maximum Gasteiger partial charge on any atom is 0.319 e. The summed E-state index contributed by atoms with van der Waals surface area (Å²) in [5.74, 6) is 0.158. The number of carbonyl (C=O) groups excluding carboxylic acids is 1. The molecule has 1 unspecified atom stereocenters. The Bertz CT molecular complexity index is 684. The molecule has 7 nitrogen and oxygen atoms in total. The fourth-order valence-corrected chi connectivity index (χ4v) is 1.83. The number of aliphatic hydroxyl groups excluding tert-OH is 1. The van der Waals surface area contributed by atoms with E-state index in [1.807, 2.05) is 0 Å². The standard InChI is InChI=1S/C16H18FN3O4/c1-23-15-14(6-3-7-18-15)20-16(22)19-9-12(21)10-24-13-5-2-4-11(17)8-13/h2-8,12,21H,9-10H2,1H3,(H2,19,20,22). The van der Waals surface area contributed by atoms with Crippen LogP contribution in [0.1, 0.15) is 0 Å². The number of rotatable bonds is 7. The second-order valence-corrected chi connectivity index (χ2v) is 4.82. The first-order valence-electron chi connectivity index (χ1n) is 7.19. The molecular weight excluding hydrogens is 317 g/mol. The van der Waals surface area contributed by atoms with E-state index in [1.165, 1.54) is 31.5 Å². The number of pyridine rings is 1. The lowest BCUT2D eigenvalue weighted by molar-refractivity contribution is 0.108. The van der Waals surface area contributed by atoms with Crippen molar-refractivity contribution < 1.29 is 23.8 Å². The van der Waals surface area contributed by atoms with Crippen molar-refractivity contribution in [2.75, 3.05) is 25.6 Å². The van der Waals surface area contributed by atoms with Crippen molar-refractivity contribution in [3.63, 3.8) is 0 Å². The molecule has 0 radical (unpaired) electrons. The molecule has 3 N–H and O–H groups in total. The first-order valence-corrected chi connectivity index (χ1v) is 7.19. The molecule has 0 aliphatic carbocycles. The van der Waals surface area contributed by atoms with E-state index in [-0.39, 0.29) is 19.0 Å². The van der Waals surface area contributed by atoms with Gasteiger partial charge in [-0.05, 0) is 24.3 Å². The van der Waals surface area contributed by atoms with Crippen LogP contribution in [-0.2, 0) is 0 Å². The number of anilines is 1. The van der Waals surface area contributed by atoms with E-state index in [0.29, 0.717) is 11.4 Å². The Kier molecular flexibility index (Phi) is 6.32. The van der Waals surface area contributed by atoms with E-state index >= 15 is 0 Å². The van der Waals surface area contributed by atoms with Crippen LogP contribution in [-0.4, -0.2) is 42.5 Å². The Balaban J connectivity index is 1.75. The second kappa shape index (κ2) is 8.68. The van der Waals surface area contributed by atoms with Gasteiger partial charge in [0.2, 0.25) is 5.88 Å². The second-order valence-electron chi connectivity index (χ2n) is 4.82. The van der Waals surface area contributed by atoms with Crippen LogP contribution in [0, 0.1) is 5.82 Å². The minimum absolute atomic E-state index is 0.0380. The normalized spacial score (nSPS) is 11.5. The van der Waals surface area contributed by atoms with Crippen molar-refractivity contribution in [1.29, 1.82) is 0 Å². The van der Waals surface area contributed by atoms with Gasteiger partial charge in [0.15, 0.2) is 0 Å². The zero-order valence-corrected chi connectivity index (χ0v) is 13.0. The van der Waals surface area contributed by atoms with Gasteiger partial charge in [0.25, 0.3) is 0 Å². The molecular formula is C16H18FN3O4. The topological polar surface area (TPSA) is 92.7 Å². The van der Waals surface area contributed by atoms with Gasteiger partial charge in [0.1, 0.15) is 30.0 Å². The molecule has 128 valence electrons. The number of urea groups is 1. The number of nitrogens with zero attached hydrogens (tertiary/aromatic N) is 1. The SMILES string of the molecule is COc1ncccc1NC(=O)NCC(O)COc1cccc(F)c1. The van der Waals surface area contributed by atoms with E-state index in [4.69, 9.17) is 9.47 Å². The number of hydrogen-bond acceptors (Lipinski definition) is 5. The Hall–Kier alpha value is -2.87. The summed E-state index contributed by atoms with van der Waals surface area (Å²) >= 11 is 0. The maximum absolute atomic E-state index is 13.0. The molecule has 2 rings (SSSR count).